The van der Waals surface area contributed by atoms with E-state index in [0.717, 1.165) is 12.0 Å². The molecule has 0 aliphatic heterocycles. The molecule has 5 heteroatoms. The Morgan fingerprint density at radius 3 is 2.65 bits per heavy atom. The maximum atomic E-state index is 12.2. The van der Waals surface area contributed by atoms with Crippen LogP contribution in [0.25, 0.3) is 0 Å². The average Bonchev–Trinajstić information content (AvgIpc) is 2.53. The van der Waals surface area contributed by atoms with E-state index in [0.29, 0.717) is 24.6 Å². The molecular weight excluding hydrogens is 292 g/mol. The summed E-state index contributed by atoms with van der Waals surface area (Å²) in [7, 11) is 3.34. The third kappa shape index (κ3) is 5.94. The fourth-order valence-corrected chi connectivity index (χ4v) is 2.17. The van der Waals surface area contributed by atoms with Gasteiger partial charge in [0.2, 0.25) is 0 Å². The Labute approximate surface area is 139 Å². The fourth-order valence-electron chi connectivity index (χ4n) is 2.17. The second kappa shape index (κ2) is 8.58. The highest BCUT2D eigenvalue weighted by atomic mass is 16.5. The Bertz CT molecular complexity index is 541. The lowest BCUT2D eigenvalue weighted by Crippen LogP contribution is -2.41. The summed E-state index contributed by atoms with van der Waals surface area (Å²) >= 11 is 0. The molecule has 23 heavy (non-hydrogen) atoms. The van der Waals surface area contributed by atoms with Gasteiger partial charge in [0, 0.05) is 13.6 Å². The molecule has 2 N–H and O–H groups in total. The molecule has 0 radical (unpaired) electrons. The Morgan fingerprint density at radius 2 is 2.09 bits per heavy atom. The smallest absolute Gasteiger partial charge is 0.260 e. The summed E-state index contributed by atoms with van der Waals surface area (Å²) < 4.78 is 10.9. The lowest BCUT2D eigenvalue weighted by atomic mass is 9.93. The molecule has 0 spiro atoms. The van der Waals surface area contributed by atoms with Crippen molar-refractivity contribution in [1.29, 1.82) is 0 Å². The van der Waals surface area contributed by atoms with Crippen molar-refractivity contribution in [2.45, 2.75) is 20.3 Å². The van der Waals surface area contributed by atoms with Crippen molar-refractivity contribution in [2.75, 3.05) is 33.9 Å². The molecule has 0 fully saturated rings. The summed E-state index contributed by atoms with van der Waals surface area (Å²) in [6.07, 6.45) is 2.58. The van der Waals surface area contributed by atoms with Crippen LogP contribution in [0.15, 0.2) is 30.9 Å². The molecule has 0 aromatic heterocycles. The predicted molar refractivity (Wildman–Crippen MR) is 92.9 cm³/mol. The van der Waals surface area contributed by atoms with Gasteiger partial charge in [-0.05, 0) is 36.1 Å². The Morgan fingerprint density at radius 1 is 1.39 bits per heavy atom. The van der Waals surface area contributed by atoms with Gasteiger partial charge < -0.3 is 20.1 Å². The maximum Gasteiger partial charge on any atom is 0.260 e. The van der Waals surface area contributed by atoms with Crippen LogP contribution in [-0.4, -0.2) is 44.7 Å². The SMILES string of the molecule is C=CCc1ccc(OCC(=O)N(C)CC(C)(C)CN)c(OC)c1. The molecule has 0 bridgehead atoms. The van der Waals surface area contributed by atoms with Crippen molar-refractivity contribution in [3.05, 3.63) is 36.4 Å². The van der Waals surface area contributed by atoms with Crippen LogP contribution in [0.1, 0.15) is 19.4 Å². The highest BCUT2D eigenvalue weighted by Crippen LogP contribution is 2.28. The number of hydrogen-bond donors (Lipinski definition) is 1. The average molecular weight is 320 g/mol. The van der Waals surface area contributed by atoms with Crippen LogP contribution < -0.4 is 15.2 Å². The number of ether oxygens (including phenoxy) is 2. The molecule has 0 saturated heterocycles. The summed E-state index contributed by atoms with van der Waals surface area (Å²) in [4.78, 5) is 13.8. The number of benzene rings is 1. The zero-order chi connectivity index (χ0) is 17.5. The zero-order valence-electron chi connectivity index (χ0n) is 14.6. The predicted octanol–water partition coefficient (Wildman–Crippen LogP) is 2.25. The molecule has 128 valence electrons. The number of nitrogens with zero attached hydrogens (tertiary/aromatic N) is 1. The molecule has 0 unspecified atom stereocenters. The zero-order valence-corrected chi connectivity index (χ0v) is 14.6. The number of carbonyl (C=O) groups is 1. The first-order valence-corrected chi connectivity index (χ1v) is 7.67. The first-order valence-electron chi connectivity index (χ1n) is 7.67. The minimum atomic E-state index is -0.117. The third-order valence-electron chi connectivity index (χ3n) is 3.60. The molecule has 5 nitrogen and oxygen atoms in total. The first kappa shape index (κ1) is 19.0. The summed E-state index contributed by atoms with van der Waals surface area (Å²) in [5.74, 6) is 1.07. The van der Waals surface area contributed by atoms with Crippen LogP contribution in [0.5, 0.6) is 11.5 Å². The monoisotopic (exact) mass is 320 g/mol. The van der Waals surface area contributed by atoms with Crippen molar-refractivity contribution in [3.63, 3.8) is 0 Å². The van der Waals surface area contributed by atoms with Crippen LogP contribution in [0, 0.1) is 5.41 Å². The van der Waals surface area contributed by atoms with E-state index < -0.39 is 0 Å². The molecule has 1 aromatic carbocycles. The molecule has 0 heterocycles. The highest BCUT2D eigenvalue weighted by molar-refractivity contribution is 5.77. The van der Waals surface area contributed by atoms with Gasteiger partial charge >= 0.3 is 0 Å². The van der Waals surface area contributed by atoms with E-state index in [2.05, 4.69) is 6.58 Å². The summed E-state index contributed by atoms with van der Waals surface area (Å²) in [6, 6.07) is 5.64. The largest absolute Gasteiger partial charge is 0.493 e. The molecular formula is C18H28N2O3. The van der Waals surface area contributed by atoms with Crippen molar-refractivity contribution in [2.24, 2.45) is 11.1 Å². The van der Waals surface area contributed by atoms with Gasteiger partial charge in [-0.1, -0.05) is 26.0 Å². The number of hydrogen-bond acceptors (Lipinski definition) is 4. The lowest BCUT2D eigenvalue weighted by Gasteiger charge is -2.29. The lowest BCUT2D eigenvalue weighted by molar-refractivity contribution is -0.133. The minimum absolute atomic E-state index is 0.0334. The molecule has 0 atom stereocenters. The Hall–Kier alpha value is -2.01. The molecule has 0 aliphatic carbocycles. The number of carbonyl (C=O) groups excluding carboxylic acids is 1. The van der Waals surface area contributed by atoms with E-state index in [9.17, 15) is 4.79 Å². The first-order chi connectivity index (χ1) is 10.8. The van der Waals surface area contributed by atoms with Crippen LogP contribution >= 0.6 is 0 Å². The topological polar surface area (TPSA) is 64.8 Å². The van der Waals surface area contributed by atoms with Gasteiger partial charge in [-0.2, -0.15) is 0 Å². The Balaban J connectivity index is 2.66. The highest BCUT2D eigenvalue weighted by Gasteiger charge is 2.21. The van der Waals surface area contributed by atoms with Crippen LogP contribution in [0.3, 0.4) is 0 Å². The van der Waals surface area contributed by atoms with Crippen LogP contribution in [0.2, 0.25) is 0 Å². The van der Waals surface area contributed by atoms with Gasteiger partial charge in [0.1, 0.15) is 0 Å². The van der Waals surface area contributed by atoms with E-state index in [1.54, 1.807) is 19.1 Å². The summed E-state index contributed by atoms with van der Waals surface area (Å²) in [5, 5.41) is 0. The van der Waals surface area contributed by atoms with Crippen molar-refractivity contribution in [1.82, 2.24) is 4.90 Å². The fraction of sp³-hybridized carbons (Fsp3) is 0.500. The van der Waals surface area contributed by atoms with Gasteiger partial charge in [0.15, 0.2) is 18.1 Å². The number of allylic oxidation sites excluding steroid dienone is 1. The molecule has 1 amide bonds. The van der Waals surface area contributed by atoms with Crippen LogP contribution in [-0.2, 0) is 11.2 Å². The van der Waals surface area contributed by atoms with E-state index in [4.69, 9.17) is 15.2 Å². The third-order valence-corrected chi connectivity index (χ3v) is 3.60. The second-order valence-electron chi connectivity index (χ2n) is 6.38. The van der Waals surface area contributed by atoms with Gasteiger partial charge in [-0.25, -0.2) is 0 Å². The van der Waals surface area contributed by atoms with E-state index in [1.807, 2.05) is 38.1 Å². The summed E-state index contributed by atoms with van der Waals surface area (Å²) in [5.41, 5.74) is 6.67. The molecule has 0 saturated carbocycles. The molecule has 0 aliphatic rings. The normalized spacial score (nSPS) is 11.0. The minimum Gasteiger partial charge on any atom is -0.493 e. The number of nitrogens with two attached hydrogens (primary N) is 1. The van der Waals surface area contributed by atoms with Crippen molar-refractivity contribution in [3.8, 4) is 11.5 Å². The second-order valence-corrected chi connectivity index (χ2v) is 6.38. The quantitative estimate of drug-likeness (QED) is 0.709. The number of amides is 1. The van der Waals surface area contributed by atoms with Crippen LogP contribution in [0.4, 0.5) is 0 Å². The van der Waals surface area contributed by atoms with Crippen molar-refractivity contribution < 1.29 is 14.3 Å². The van der Waals surface area contributed by atoms with E-state index >= 15 is 0 Å². The maximum absolute atomic E-state index is 12.2. The van der Waals surface area contributed by atoms with Gasteiger partial charge in [0.25, 0.3) is 5.91 Å². The van der Waals surface area contributed by atoms with Gasteiger partial charge in [-0.15, -0.1) is 6.58 Å². The molecule has 1 rings (SSSR count). The van der Waals surface area contributed by atoms with Gasteiger partial charge in [0.05, 0.1) is 7.11 Å². The number of methoxy groups -OCH3 is 1. The van der Waals surface area contributed by atoms with E-state index in [1.165, 1.54) is 0 Å². The van der Waals surface area contributed by atoms with Crippen molar-refractivity contribution >= 4 is 5.91 Å². The Kier molecular flexibility index (Phi) is 7.10. The number of likely N-dealkylation sites (N-methyl/N-ethyl adjacent to an activating group) is 1. The van der Waals surface area contributed by atoms with Gasteiger partial charge in [-0.3, -0.25) is 4.79 Å². The van der Waals surface area contributed by atoms with E-state index in [-0.39, 0.29) is 17.9 Å². The molecule has 1 aromatic rings. The standard InChI is InChI=1S/C18H28N2O3/c1-6-7-14-8-9-15(16(10-14)22-5)23-11-17(21)20(4)13-18(2,3)12-19/h6,8-10H,1,7,11-13,19H2,2-5H3. The number of rotatable bonds is 9. The summed E-state index contributed by atoms with van der Waals surface area (Å²) in [6.45, 7) is 8.84.